The molecule has 0 saturated heterocycles. The number of halogens is 1. The van der Waals surface area contributed by atoms with Crippen LogP contribution in [-0.4, -0.2) is 36.4 Å². The van der Waals surface area contributed by atoms with Crippen LogP contribution in [0.15, 0.2) is 48.5 Å². The van der Waals surface area contributed by atoms with E-state index in [0.29, 0.717) is 11.3 Å². The van der Waals surface area contributed by atoms with Gasteiger partial charge in [0.05, 0.1) is 0 Å². The van der Waals surface area contributed by atoms with E-state index < -0.39 is 17.8 Å². The lowest BCUT2D eigenvalue weighted by molar-refractivity contribution is -0.142. The third-order valence-corrected chi connectivity index (χ3v) is 4.60. The number of para-hydroxylation sites is 1. The third-order valence-electron chi connectivity index (χ3n) is 4.60. The fourth-order valence-electron chi connectivity index (χ4n) is 2.91. The average molecular weight is 386 g/mol. The second-order valence-electron chi connectivity index (χ2n) is 6.88. The number of ether oxygens (including phenoxy) is 1. The van der Waals surface area contributed by atoms with Gasteiger partial charge in [0.15, 0.2) is 6.61 Å². The Hall–Kier alpha value is -2.89. The van der Waals surface area contributed by atoms with Crippen LogP contribution in [0, 0.1) is 5.82 Å². The summed E-state index contributed by atoms with van der Waals surface area (Å²) in [5.41, 5.74) is 1.34. The third kappa shape index (κ3) is 5.31. The minimum atomic E-state index is -0.763. The van der Waals surface area contributed by atoms with Gasteiger partial charge in [0.1, 0.15) is 17.6 Å². The summed E-state index contributed by atoms with van der Waals surface area (Å²) in [4.78, 5) is 26.3. The molecule has 2 aromatic rings. The first-order chi connectivity index (χ1) is 13.3. The SMILES string of the molecule is CNC(=O)C(C)N(Cc1ccccc1F)C(=O)COc1ccccc1C(C)C. The summed E-state index contributed by atoms with van der Waals surface area (Å²) in [6.45, 7) is 5.44. The lowest BCUT2D eigenvalue weighted by Gasteiger charge is -2.28. The highest BCUT2D eigenvalue weighted by Crippen LogP contribution is 2.26. The van der Waals surface area contributed by atoms with Gasteiger partial charge in [-0.15, -0.1) is 0 Å². The van der Waals surface area contributed by atoms with Crippen molar-refractivity contribution in [3.05, 3.63) is 65.5 Å². The second kappa shape index (κ2) is 9.88. The molecule has 0 spiro atoms. The second-order valence-corrected chi connectivity index (χ2v) is 6.88. The molecule has 0 aromatic heterocycles. The number of carbonyl (C=O) groups excluding carboxylic acids is 2. The molecule has 0 fully saturated rings. The van der Waals surface area contributed by atoms with Crippen LogP contribution in [0.2, 0.25) is 0 Å². The van der Waals surface area contributed by atoms with E-state index in [2.05, 4.69) is 5.32 Å². The van der Waals surface area contributed by atoms with Crippen LogP contribution in [0.3, 0.4) is 0 Å². The number of rotatable bonds is 8. The van der Waals surface area contributed by atoms with Crippen molar-refractivity contribution in [1.29, 1.82) is 0 Å². The van der Waals surface area contributed by atoms with Crippen molar-refractivity contribution in [3.8, 4) is 5.75 Å². The molecular weight excluding hydrogens is 359 g/mol. The molecule has 6 heteroatoms. The number of nitrogens with one attached hydrogen (secondary N) is 1. The van der Waals surface area contributed by atoms with E-state index in [0.717, 1.165) is 5.56 Å². The summed E-state index contributed by atoms with van der Waals surface area (Å²) in [5, 5.41) is 2.53. The highest BCUT2D eigenvalue weighted by Gasteiger charge is 2.26. The zero-order chi connectivity index (χ0) is 20.7. The Morgan fingerprint density at radius 3 is 2.36 bits per heavy atom. The molecule has 1 N–H and O–H groups in total. The summed E-state index contributed by atoms with van der Waals surface area (Å²) >= 11 is 0. The molecule has 2 aromatic carbocycles. The van der Waals surface area contributed by atoms with E-state index in [1.807, 2.05) is 38.1 Å². The van der Waals surface area contributed by atoms with Gasteiger partial charge in [0.2, 0.25) is 5.91 Å². The first-order valence-electron chi connectivity index (χ1n) is 9.31. The first kappa shape index (κ1) is 21.4. The number of hydrogen-bond acceptors (Lipinski definition) is 3. The molecule has 0 aliphatic carbocycles. The van der Waals surface area contributed by atoms with Crippen molar-refractivity contribution >= 4 is 11.8 Å². The van der Waals surface area contributed by atoms with Crippen molar-refractivity contribution in [2.45, 2.75) is 39.3 Å². The predicted molar refractivity (Wildman–Crippen MR) is 107 cm³/mol. The molecule has 1 atom stereocenters. The molecule has 5 nitrogen and oxygen atoms in total. The van der Waals surface area contributed by atoms with E-state index in [4.69, 9.17) is 4.74 Å². The lowest BCUT2D eigenvalue weighted by Crippen LogP contribution is -2.48. The van der Waals surface area contributed by atoms with E-state index in [1.54, 1.807) is 25.1 Å². The summed E-state index contributed by atoms with van der Waals surface area (Å²) in [6.07, 6.45) is 0. The molecule has 0 aliphatic heterocycles. The number of benzene rings is 2. The molecule has 2 amide bonds. The fourth-order valence-corrected chi connectivity index (χ4v) is 2.91. The zero-order valence-electron chi connectivity index (χ0n) is 16.7. The molecule has 0 bridgehead atoms. The molecule has 28 heavy (non-hydrogen) atoms. The van der Waals surface area contributed by atoms with Crippen molar-refractivity contribution in [2.75, 3.05) is 13.7 Å². The van der Waals surface area contributed by atoms with Crippen LogP contribution < -0.4 is 10.1 Å². The average Bonchev–Trinajstić information content (AvgIpc) is 2.70. The van der Waals surface area contributed by atoms with Gasteiger partial charge in [0, 0.05) is 19.2 Å². The van der Waals surface area contributed by atoms with Crippen LogP contribution in [0.4, 0.5) is 4.39 Å². The summed E-state index contributed by atoms with van der Waals surface area (Å²) in [6, 6.07) is 13.0. The van der Waals surface area contributed by atoms with Crippen LogP contribution in [0.1, 0.15) is 37.8 Å². The number of hydrogen-bond donors (Lipinski definition) is 1. The van der Waals surface area contributed by atoms with E-state index in [1.165, 1.54) is 18.0 Å². The number of nitrogens with zero attached hydrogens (tertiary/aromatic N) is 1. The topological polar surface area (TPSA) is 58.6 Å². The first-order valence-corrected chi connectivity index (χ1v) is 9.31. The maximum atomic E-state index is 14.1. The van der Waals surface area contributed by atoms with Gasteiger partial charge >= 0.3 is 0 Å². The molecule has 0 heterocycles. The number of carbonyl (C=O) groups is 2. The van der Waals surface area contributed by atoms with Gasteiger partial charge in [-0.2, -0.15) is 0 Å². The maximum Gasteiger partial charge on any atom is 0.261 e. The number of likely N-dealkylation sites (N-methyl/N-ethyl adjacent to an activating group) is 1. The van der Waals surface area contributed by atoms with Gasteiger partial charge in [-0.3, -0.25) is 9.59 Å². The highest BCUT2D eigenvalue weighted by atomic mass is 19.1. The van der Waals surface area contributed by atoms with E-state index >= 15 is 0 Å². The summed E-state index contributed by atoms with van der Waals surface area (Å²) < 4.78 is 19.8. The minimum Gasteiger partial charge on any atom is -0.483 e. The maximum absolute atomic E-state index is 14.1. The Kier molecular flexibility index (Phi) is 7.55. The van der Waals surface area contributed by atoms with Crippen LogP contribution in [0.25, 0.3) is 0 Å². The Balaban J connectivity index is 2.19. The highest BCUT2D eigenvalue weighted by molar-refractivity contribution is 5.87. The standard InChI is InChI=1S/C22H27FN2O3/c1-15(2)18-10-6-8-12-20(18)28-14-21(26)25(16(3)22(27)24-4)13-17-9-5-7-11-19(17)23/h5-12,15-16H,13-14H2,1-4H3,(H,24,27). The number of amides is 2. The van der Waals surface area contributed by atoms with Crippen LogP contribution >= 0.6 is 0 Å². The Morgan fingerprint density at radius 1 is 1.07 bits per heavy atom. The predicted octanol–water partition coefficient (Wildman–Crippen LogP) is 3.49. The van der Waals surface area contributed by atoms with Gasteiger partial charge in [-0.1, -0.05) is 50.2 Å². The smallest absolute Gasteiger partial charge is 0.261 e. The Morgan fingerprint density at radius 2 is 1.71 bits per heavy atom. The molecule has 150 valence electrons. The summed E-state index contributed by atoms with van der Waals surface area (Å²) in [5.74, 6) is -0.268. The fraction of sp³-hybridized carbons (Fsp3) is 0.364. The van der Waals surface area contributed by atoms with Gasteiger partial charge < -0.3 is 15.0 Å². The molecule has 0 aliphatic rings. The summed E-state index contributed by atoms with van der Waals surface area (Å²) in [7, 11) is 1.50. The normalized spacial score (nSPS) is 11.8. The van der Waals surface area contributed by atoms with Crippen molar-refractivity contribution in [2.24, 2.45) is 0 Å². The van der Waals surface area contributed by atoms with Gasteiger partial charge in [0.25, 0.3) is 5.91 Å². The van der Waals surface area contributed by atoms with Crippen LogP contribution in [-0.2, 0) is 16.1 Å². The Labute approximate surface area is 165 Å². The minimum absolute atomic E-state index is 0.0186. The molecule has 0 radical (unpaired) electrons. The zero-order valence-corrected chi connectivity index (χ0v) is 16.7. The molecule has 0 saturated carbocycles. The monoisotopic (exact) mass is 386 g/mol. The molecular formula is C22H27FN2O3. The van der Waals surface area contributed by atoms with E-state index in [-0.39, 0.29) is 25.0 Å². The van der Waals surface area contributed by atoms with Gasteiger partial charge in [-0.25, -0.2) is 4.39 Å². The quantitative estimate of drug-likeness (QED) is 0.756. The van der Waals surface area contributed by atoms with Crippen molar-refractivity contribution < 1.29 is 18.7 Å². The van der Waals surface area contributed by atoms with E-state index in [9.17, 15) is 14.0 Å². The van der Waals surface area contributed by atoms with Crippen molar-refractivity contribution in [3.63, 3.8) is 0 Å². The Bertz CT molecular complexity index is 823. The lowest BCUT2D eigenvalue weighted by atomic mass is 10.0. The van der Waals surface area contributed by atoms with Crippen molar-refractivity contribution in [1.82, 2.24) is 10.2 Å². The largest absolute Gasteiger partial charge is 0.483 e. The molecule has 2 rings (SSSR count). The van der Waals surface area contributed by atoms with Crippen LogP contribution in [0.5, 0.6) is 5.75 Å². The molecule has 1 unspecified atom stereocenters. The van der Waals surface area contributed by atoms with Gasteiger partial charge in [-0.05, 0) is 30.5 Å².